The van der Waals surface area contributed by atoms with Gasteiger partial charge in [-0.15, -0.1) is 0 Å². The van der Waals surface area contributed by atoms with E-state index in [1.54, 1.807) is 5.48 Å². The number of nitrogens with one attached hydrogen (secondary N) is 1. The zero-order valence-electron chi connectivity index (χ0n) is 12.6. The third-order valence-electron chi connectivity index (χ3n) is 3.33. The molecule has 116 valence electrons. The maximum atomic E-state index is 8.99. The lowest BCUT2D eigenvalue weighted by Crippen LogP contribution is -2.26. The van der Waals surface area contributed by atoms with Gasteiger partial charge < -0.3 is 15.1 Å². The number of hydrogen-bond acceptors (Lipinski definition) is 4. The molecule has 0 aliphatic rings. The van der Waals surface area contributed by atoms with Crippen LogP contribution < -0.4 is 5.48 Å². The maximum absolute atomic E-state index is 8.99. The van der Waals surface area contributed by atoms with Crippen molar-refractivity contribution in [1.82, 2.24) is 5.48 Å². The van der Waals surface area contributed by atoms with Crippen LogP contribution in [0.1, 0.15) is 77.6 Å². The molecule has 3 N–H and O–H groups in total. The predicted molar refractivity (Wildman–Crippen MR) is 78.2 cm³/mol. The highest BCUT2D eigenvalue weighted by molar-refractivity contribution is 4.48. The van der Waals surface area contributed by atoms with Crippen molar-refractivity contribution in [2.24, 2.45) is 0 Å². The molecule has 1 unspecified atom stereocenters. The fourth-order valence-corrected chi connectivity index (χ4v) is 2.05. The van der Waals surface area contributed by atoms with Crippen LogP contribution in [0.3, 0.4) is 0 Å². The lowest BCUT2D eigenvalue weighted by Gasteiger charge is -2.08. The van der Waals surface area contributed by atoms with Crippen molar-refractivity contribution < 1.29 is 15.1 Å². The summed E-state index contributed by atoms with van der Waals surface area (Å²) in [6, 6.07) is 0. The lowest BCUT2D eigenvalue weighted by molar-refractivity contribution is -0.0197. The molecular weight excluding hydrogens is 242 g/mol. The summed E-state index contributed by atoms with van der Waals surface area (Å²) in [7, 11) is 0. The van der Waals surface area contributed by atoms with E-state index in [9.17, 15) is 0 Å². The number of rotatable bonds is 15. The van der Waals surface area contributed by atoms with Gasteiger partial charge in [0.1, 0.15) is 6.23 Å². The molecule has 0 radical (unpaired) electrons. The molecule has 19 heavy (non-hydrogen) atoms. The van der Waals surface area contributed by atoms with Crippen LogP contribution in [-0.4, -0.2) is 29.8 Å². The van der Waals surface area contributed by atoms with E-state index in [0.717, 1.165) is 13.0 Å². The van der Waals surface area contributed by atoms with Gasteiger partial charge in [-0.3, -0.25) is 0 Å². The second-order valence-electron chi connectivity index (χ2n) is 5.23. The number of unbranched alkanes of at least 4 members (excludes halogenated alkanes) is 9. The maximum Gasteiger partial charge on any atom is 0.129 e. The molecule has 4 heteroatoms. The monoisotopic (exact) mass is 275 g/mol. The number of ether oxygens (including phenoxy) is 1. The Bertz CT molecular complexity index is 167. The molecule has 0 amide bonds. The highest BCUT2D eigenvalue weighted by Crippen LogP contribution is 2.10. The molecule has 1 atom stereocenters. The van der Waals surface area contributed by atoms with Crippen LogP contribution in [0.2, 0.25) is 0 Å². The van der Waals surface area contributed by atoms with Gasteiger partial charge in [-0.05, 0) is 6.42 Å². The molecular formula is C15H33NO3. The lowest BCUT2D eigenvalue weighted by atomic mass is 10.1. The molecule has 0 aromatic carbocycles. The van der Waals surface area contributed by atoms with E-state index >= 15 is 0 Å². The molecule has 0 aliphatic heterocycles. The summed E-state index contributed by atoms with van der Waals surface area (Å²) in [5.74, 6) is 0. The Morgan fingerprint density at radius 2 is 1.37 bits per heavy atom. The van der Waals surface area contributed by atoms with Crippen molar-refractivity contribution in [3.8, 4) is 0 Å². The van der Waals surface area contributed by atoms with E-state index in [1.165, 1.54) is 57.8 Å². The second kappa shape index (κ2) is 15.9. The molecule has 4 nitrogen and oxygen atoms in total. The highest BCUT2D eigenvalue weighted by Gasteiger charge is 1.99. The SMILES string of the molecule is CCCCCCCCCCCCOCCC(O)NO. The van der Waals surface area contributed by atoms with Crippen molar-refractivity contribution >= 4 is 0 Å². The minimum absolute atomic E-state index is 0.425. The van der Waals surface area contributed by atoms with Crippen molar-refractivity contribution in [3.05, 3.63) is 0 Å². The quantitative estimate of drug-likeness (QED) is 0.243. The molecule has 0 saturated carbocycles. The molecule has 0 spiro atoms. The normalized spacial score (nSPS) is 12.8. The fraction of sp³-hybridized carbons (Fsp3) is 1.00. The first-order valence-corrected chi connectivity index (χ1v) is 7.96. The number of hydrogen-bond donors (Lipinski definition) is 3. The van der Waals surface area contributed by atoms with Gasteiger partial charge in [0.15, 0.2) is 0 Å². The van der Waals surface area contributed by atoms with Crippen LogP contribution in [0.25, 0.3) is 0 Å². The number of aliphatic hydroxyl groups excluding tert-OH is 1. The summed E-state index contributed by atoms with van der Waals surface area (Å²) in [6.45, 7) is 3.50. The summed E-state index contributed by atoms with van der Waals surface area (Å²) in [4.78, 5) is 0. The van der Waals surface area contributed by atoms with Crippen LogP contribution in [0, 0.1) is 0 Å². The van der Waals surface area contributed by atoms with E-state index in [4.69, 9.17) is 15.1 Å². The van der Waals surface area contributed by atoms with E-state index in [1.807, 2.05) is 0 Å². The van der Waals surface area contributed by atoms with Crippen molar-refractivity contribution in [1.29, 1.82) is 0 Å². The van der Waals surface area contributed by atoms with Gasteiger partial charge in [0.2, 0.25) is 0 Å². The van der Waals surface area contributed by atoms with Gasteiger partial charge in [0, 0.05) is 13.0 Å². The van der Waals surface area contributed by atoms with Crippen molar-refractivity contribution in [2.75, 3.05) is 13.2 Å². The third kappa shape index (κ3) is 15.8. The topological polar surface area (TPSA) is 61.7 Å². The predicted octanol–water partition coefficient (Wildman–Crippen LogP) is 3.61. The van der Waals surface area contributed by atoms with E-state index in [-0.39, 0.29) is 0 Å². The molecule has 0 aliphatic carbocycles. The minimum atomic E-state index is -0.868. The molecule has 0 rings (SSSR count). The molecule has 0 heterocycles. The second-order valence-corrected chi connectivity index (χ2v) is 5.23. The Kier molecular flexibility index (Phi) is 15.8. The summed E-state index contributed by atoms with van der Waals surface area (Å²) >= 11 is 0. The molecule has 0 aromatic rings. The van der Waals surface area contributed by atoms with Crippen LogP contribution in [0.15, 0.2) is 0 Å². The first-order valence-electron chi connectivity index (χ1n) is 7.96. The summed E-state index contributed by atoms with van der Waals surface area (Å²) in [6.07, 6.45) is 12.8. The van der Waals surface area contributed by atoms with Crippen LogP contribution >= 0.6 is 0 Å². The van der Waals surface area contributed by atoms with E-state index < -0.39 is 6.23 Å². The molecule has 0 saturated heterocycles. The van der Waals surface area contributed by atoms with Crippen LogP contribution in [0.5, 0.6) is 0 Å². The van der Waals surface area contributed by atoms with Crippen LogP contribution in [-0.2, 0) is 4.74 Å². The van der Waals surface area contributed by atoms with Gasteiger partial charge in [0.25, 0.3) is 0 Å². The Balaban J connectivity index is 2.95. The molecule has 0 fully saturated rings. The highest BCUT2D eigenvalue weighted by atomic mass is 16.5. The van der Waals surface area contributed by atoms with Gasteiger partial charge in [0.05, 0.1) is 6.61 Å². The zero-order valence-corrected chi connectivity index (χ0v) is 12.6. The minimum Gasteiger partial charge on any atom is -0.381 e. The molecule has 0 bridgehead atoms. The summed E-state index contributed by atoms with van der Waals surface area (Å²) in [5, 5.41) is 17.4. The van der Waals surface area contributed by atoms with Crippen molar-refractivity contribution in [2.45, 2.75) is 83.8 Å². The van der Waals surface area contributed by atoms with Gasteiger partial charge in [-0.2, -0.15) is 5.48 Å². The van der Waals surface area contributed by atoms with Gasteiger partial charge in [-0.1, -0.05) is 64.7 Å². The largest absolute Gasteiger partial charge is 0.381 e. The Morgan fingerprint density at radius 1 is 0.842 bits per heavy atom. The first kappa shape index (κ1) is 18.8. The van der Waals surface area contributed by atoms with E-state index in [0.29, 0.717) is 13.0 Å². The Morgan fingerprint density at radius 3 is 1.89 bits per heavy atom. The average Bonchev–Trinajstić information content (AvgIpc) is 2.43. The Hall–Kier alpha value is -0.160. The first-order chi connectivity index (χ1) is 9.31. The van der Waals surface area contributed by atoms with Gasteiger partial charge >= 0.3 is 0 Å². The van der Waals surface area contributed by atoms with Crippen LogP contribution in [0.4, 0.5) is 0 Å². The zero-order chi connectivity index (χ0) is 14.2. The molecule has 0 aromatic heterocycles. The van der Waals surface area contributed by atoms with Crippen molar-refractivity contribution in [3.63, 3.8) is 0 Å². The Labute approximate surface area is 118 Å². The standard InChI is InChI=1S/C15H33NO3/c1-2-3-4-5-6-7-8-9-10-11-13-19-14-12-15(17)16-18/h15-18H,2-14H2,1H3. The smallest absolute Gasteiger partial charge is 0.129 e. The fourth-order valence-electron chi connectivity index (χ4n) is 2.05. The summed E-state index contributed by atoms with van der Waals surface area (Å²) < 4.78 is 5.37. The summed E-state index contributed by atoms with van der Waals surface area (Å²) in [5.41, 5.74) is 1.78. The number of hydroxylamine groups is 1. The van der Waals surface area contributed by atoms with Gasteiger partial charge in [-0.25, -0.2) is 0 Å². The third-order valence-corrected chi connectivity index (χ3v) is 3.33. The van der Waals surface area contributed by atoms with E-state index in [2.05, 4.69) is 6.92 Å². The average molecular weight is 275 g/mol. The number of aliphatic hydroxyl groups is 1.